The summed E-state index contributed by atoms with van der Waals surface area (Å²) in [5, 5.41) is 2.86. The van der Waals surface area contributed by atoms with Crippen molar-refractivity contribution in [3.63, 3.8) is 0 Å². The van der Waals surface area contributed by atoms with Crippen molar-refractivity contribution in [1.29, 1.82) is 0 Å². The number of hydrogen-bond donors (Lipinski definition) is 2. The van der Waals surface area contributed by atoms with Crippen LogP contribution in [0.2, 0.25) is 5.02 Å². The number of benzene rings is 1. The van der Waals surface area contributed by atoms with E-state index in [1.54, 1.807) is 18.3 Å². The molecular formula is C14H14ClN3O3S. The van der Waals surface area contributed by atoms with E-state index in [1.165, 1.54) is 18.2 Å². The third-order valence-electron chi connectivity index (χ3n) is 2.68. The van der Waals surface area contributed by atoms with Gasteiger partial charge in [-0.2, -0.15) is 0 Å². The van der Waals surface area contributed by atoms with Gasteiger partial charge >= 0.3 is 0 Å². The number of carbonyl (C=O) groups is 1. The van der Waals surface area contributed by atoms with E-state index in [0.29, 0.717) is 12.1 Å². The topological polar surface area (TPSA) is 88.2 Å². The van der Waals surface area contributed by atoms with Gasteiger partial charge in [0.05, 0.1) is 29.2 Å². The number of rotatable bonds is 5. The normalized spacial score (nSPS) is 11.0. The first-order valence-corrected chi connectivity index (χ1v) is 8.57. The zero-order chi connectivity index (χ0) is 16.2. The molecule has 0 fully saturated rings. The van der Waals surface area contributed by atoms with E-state index in [4.69, 9.17) is 11.6 Å². The molecule has 0 atom stereocenters. The first kappa shape index (κ1) is 16.3. The molecule has 2 N–H and O–H groups in total. The number of halogens is 1. The number of hydrogen-bond acceptors (Lipinski definition) is 4. The highest BCUT2D eigenvalue weighted by atomic mass is 35.5. The molecule has 22 heavy (non-hydrogen) atoms. The van der Waals surface area contributed by atoms with Crippen LogP contribution in [0.3, 0.4) is 0 Å². The van der Waals surface area contributed by atoms with Crippen molar-refractivity contribution >= 4 is 33.2 Å². The third-order valence-corrected chi connectivity index (χ3v) is 3.59. The smallest absolute Gasteiger partial charge is 0.251 e. The van der Waals surface area contributed by atoms with Gasteiger partial charge in [-0.25, -0.2) is 8.42 Å². The summed E-state index contributed by atoms with van der Waals surface area (Å²) in [5.41, 5.74) is 1.29. The zero-order valence-corrected chi connectivity index (χ0v) is 13.3. The highest BCUT2D eigenvalue weighted by Crippen LogP contribution is 2.23. The third kappa shape index (κ3) is 4.71. The summed E-state index contributed by atoms with van der Waals surface area (Å²) >= 11 is 5.98. The van der Waals surface area contributed by atoms with E-state index in [0.717, 1.165) is 11.9 Å². The zero-order valence-electron chi connectivity index (χ0n) is 11.7. The molecular weight excluding hydrogens is 326 g/mol. The number of sulfonamides is 1. The van der Waals surface area contributed by atoms with E-state index < -0.39 is 10.0 Å². The Morgan fingerprint density at radius 2 is 2.05 bits per heavy atom. The molecule has 0 bridgehead atoms. The van der Waals surface area contributed by atoms with Crippen molar-refractivity contribution in [2.24, 2.45) is 0 Å². The van der Waals surface area contributed by atoms with Crippen molar-refractivity contribution < 1.29 is 13.2 Å². The average Bonchev–Trinajstić information content (AvgIpc) is 2.46. The maximum Gasteiger partial charge on any atom is 0.251 e. The van der Waals surface area contributed by atoms with E-state index >= 15 is 0 Å². The first-order valence-electron chi connectivity index (χ1n) is 6.30. The van der Waals surface area contributed by atoms with E-state index in [2.05, 4.69) is 15.0 Å². The van der Waals surface area contributed by atoms with Gasteiger partial charge in [0.15, 0.2) is 0 Å². The van der Waals surface area contributed by atoms with Crippen LogP contribution in [0.5, 0.6) is 0 Å². The maximum atomic E-state index is 12.0. The quantitative estimate of drug-likeness (QED) is 0.872. The Labute approximate surface area is 133 Å². The van der Waals surface area contributed by atoms with Crippen LogP contribution in [0, 0.1) is 0 Å². The van der Waals surface area contributed by atoms with Crippen LogP contribution in [0.25, 0.3) is 0 Å². The lowest BCUT2D eigenvalue weighted by Crippen LogP contribution is -2.23. The molecule has 116 valence electrons. The monoisotopic (exact) mass is 339 g/mol. The molecule has 0 saturated carbocycles. The van der Waals surface area contributed by atoms with Gasteiger partial charge in [0.1, 0.15) is 0 Å². The molecule has 1 heterocycles. The molecule has 0 radical (unpaired) electrons. The highest BCUT2D eigenvalue weighted by molar-refractivity contribution is 7.92. The number of pyridine rings is 1. The Morgan fingerprint density at radius 1 is 1.27 bits per heavy atom. The van der Waals surface area contributed by atoms with E-state index in [9.17, 15) is 13.2 Å². The predicted octanol–water partition coefficient (Wildman–Crippen LogP) is 2.04. The molecule has 1 aromatic carbocycles. The van der Waals surface area contributed by atoms with E-state index in [-0.39, 0.29) is 16.6 Å². The Balaban J connectivity index is 2.06. The van der Waals surface area contributed by atoms with Crippen molar-refractivity contribution in [3.05, 3.63) is 58.9 Å². The lowest BCUT2D eigenvalue weighted by Gasteiger charge is -2.09. The summed E-state index contributed by atoms with van der Waals surface area (Å²) in [5.74, 6) is -0.321. The minimum Gasteiger partial charge on any atom is -0.346 e. The first-order chi connectivity index (χ1) is 10.3. The molecule has 6 nitrogen and oxygen atoms in total. The fraction of sp³-hybridized carbons (Fsp3) is 0.143. The number of nitrogens with one attached hydrogen (secondary N) is 2. The Hall–Kier alpha value is -2.12. The van der Waals surface area contributed by atoms with Gasteiger partial charge in [-0.05, 0) is 30.3 Å². The molecule has 2 rings (SSSR count). The molecule has 1 aromatic heterocycles. The SMILES string of the molecule is CS(=O)(=O)Nc1ccc(C(=O)NCc2ccccn2)cc1Cl. The molecule has 0 aliphatic carbocycles. The molecule has 0 spiro atoms. The number of aromatic nitrogens is 1. The summed E-state index contributed by atoms with van der Waals surface area (Å²) in [4.78, 5) is 16.1. The number of anilines is 1. The molecule has 0 aliphatic rings. The lowest BCUT2D eigenvalue weighted by atomic mass is 10.2. The summed E-state index contributed by atoms with van der Waals surface area (Å²) in [6.45, 7) is 0.292. The second-order valence-electron chi connectivity index (χ2n) is 4.57. The lowest BCUT2D eigenvalue weighted by molar-refractivity contribution is 0.0950. The molecule has 0 unspecified atom stereocenters. The average molecular weight is 340 g/mol. The Morgan fingerprint density at radius 3 is 2.64 bits per heavy atom. The van der Waals surface area contributed by atoms with Crippen molar-refractivity contribution in [3.8, 4) is 0 Å². The summed E-state index contributed by atoms with van der Waals surface area (Å²) in [6, 6.07) is 9.76. The Kier molecular flexibility index (Phi) is 4.99. The molecule has 0 saturated heterocycles. The molecule has 0 aliphatic heterocycles. The van der Waals surface area contributed by atoms with Crippen LogP contribution >= 0.6 is 11.6 Å². The van der Waals surface area contributed by atoms with Gasteiger partial charge < -0.3 is 5.32 Å². The van der Waals surface area contributed by atoms with E-state index in [1.807, 2.05) is 6.07 Å². The summed E-state index contributed by atoms with van der Waals surface area (Å²) < 4.78 is 24.6. The number of nitrogens with zero attached hydrogens (tertiary/aromatic N) is 1. The predicted molar refractivity (Wildman–Crippen MR) is 85.3 cm³/mol. The maximum absolute atomic E-state index is 12.0. The second-order valence-corrected chi connectivity index (χ2v) is 6.73. The van der Waals surface area contributed by atoms with Gasteiger partial charge in [-0.3, -0.25) is 14.5 Å². The standard InChI is InChI=1S/C14H14ClN3O3S/c1-22(20,21)18-13-6-5-10(8-12(13)15)14(19)17-9-11-4-2-3-7-16-11/h2-8,18H,9H2,1H3,(H,17,19). The van der Waals surface area contributed by atoms with Crippen LogP contribution in [-0.4, -0.2) is 25.6 Å². The number of amides is 1. The minimum absolute atomic E-state index is 0.149. The number of carbonyl (C=O) groups excluding carboxylic acids is 1. The molecule has 8 heteroatoms. The summed E-state index contributed by atoms with van der Waals surface area (Å²) in [7, 11) is -3.42. The van der Waals surface area contributed by atoms with Gasteiger partial charge in [-0.15, -0.1) is 0 Å². The van der Waals surface area contributed by atoms with Gasteiger partial charge in [-0.1, -0.05) is 17.7 Å². The van der Waals surface area contributed by atoms with Crippen molar-refractivity contribution in [1.82, 2.24) is 10.3 Å². The van der Waals surface area contributed by atoms with Crippen LogP contribution in [0.1, 0.15) is 16.1 Å². The van der Waals surface area contributed by atoms with Crippen LogP contribution in [0.15, 0.2) is 42.6 Å². The van der Waals surface area contributed by atoms with Gasteiger partial charge in [0.25, 0.3) is 5.91 Å². The fourth-order valence-electron chi connectivity index (χ4n) is 1.71. The van der Waals surface area contributed by atoms with Crippen LogP contribution in [-0.2, 0) is 16.6 Å². The largest absolute Gasteiger partial charge is 0.346 e. The molecule has 2 aromatic rings. The minimum atomic E-state index is -3.42. The van der Waals surface area contributed by atoms with Crippen LogP contribution in [0.4, 0.5) is 5.69 Å². The van der Waals surface area contributed by atoms with Crippen molar-refractivity contribution in [2.45, 2.75) is 6.54 Å². The second kappa shape index (κ2) is 6.76. The van der Waals surface area contributed by atoms with Gasteiger partial charge in [0, 0.05) is 11.8 Å². The summed E-state index contributed by atoms with van der Waals surface area (Å²) in [6.07, 6.45) is 2.67. The highest BCUT2D eigenvalue weighted by Gasteiger charge is 2.11. The van der Waals surface area contributed by atoms with Gasteiger partial charge in [0.2, 0.25) is 10.0 Å². The molecule has 1 amide bonds. The Bertz CT molecular complexity index is 779. The fourth-order valence-corrected chi connectivity index (χ4v) is 2.58. The van der Waals surface area contributed by atoms with Crippen molar-refractivity contribution in [2.75, 3.05) is 11.0 Å². The van der Waals surface area contributed by atoms with Crippen LogP contribution < -0.4 is 10.0 Å².